The van der Waals surface area contributed by atoms with Crippen LogP contribution in [0, 0.1) is 6.92 Å². The minimum atomic E-state index is -0.944. The first-order chi connectivity index (χ1) is 8.66. The molecular formula is C15H13NO2. The summed E-state index contributed by atoms with van der Waals surface area (Å²) in [4.78, 5) is 15.0. The van der Waals surface area contributed by atoms with E-state index in [0.717, 1.165) is 5.56 Å². The quantitative estimate of drug-likeness (QED) is 0.894. The molecule has 0 amide bonds. The Morgan fingerprint density at radius 2 is 1.89 bits per heavy atom. The second kappa shape index (κ2) is 5.27. The topological polar surface area (TPSA) is 50.2 Å². The zero-order valence-corrected chi connectivity index (χ0v) is 10.00. The summed E-state index contributed by atoms with van der Waals surface area (Å²) in [6, 6.07) is 9.50. The van der Waals surface area contributed by atoms with E-state index in [1.807, 2.05) is 37.3 Å². The predicted octanol–water partition coefficient (Wildman–Crippen LogP) is 3.26. The summed E-state index contributed by atoms with van der Waals surface area (Å²) in [6.45, 7) is 2.02. The maximum absolute atomic E-state index is 11.0. The van der Waals surface area contributed by atoms with E-state index >= 15 is 0 Å². The lowest BCUT2D eigenvalue weighted by Crippen LogP contribution is -1.99. The van der Waals surface area contributed by atoms with Gasteiger partial charge in [-0.2, -0.15) is 0 Å². The summed E-state index contributed by atoms with van der Waals surface area (Å²) >= 11 is 0. The molecule has 3 heteroatoms. The molecule has 0 aliphatic heterocycles. The van der Waals surface area contributed by atoms with E-state index in [2.05, 4.69) is 4.98 Å². The number of nitrogens with zero attached hydrogens (tertiary/aromatic N) is 1. The summed E-state index contributed by atoms with van der Waals surface area (Å²) in [6.07, 6.45) is 6.67. The Bertz CT molecular complexity index is 586. The van der Waals surface area contributed by atoms with Gasteiger partial charge < -0.3 is 5.11 Å². The number of aromatic nitrogens is 1. The highest BCUT2D eigenvalue weighted by Crippen LogP contribution is 2.12. The molecule has 1 aromatic carbocycles. The number of pyridine rings is 1. The third-order valence-electron chi connectivity index (χ3n) is 2.61. The van der Waals surface area contributed by atoms with Crippen molar-refractivity contribution in [3.63, 3.8) is 0 Å². The van der Waals surface area contributed by atoms with Gasteiger partial charge in [0.15, 0.2) is 0 Å². The fourth-order valence-corrected chi connectivity index (χ4v) is 1.60. The highest BCUT2D eigenvalue weighted by Gasteiger charge is 2.06. The van der Waals surface area contributed by atoms with E-state index in [1.165, 1.54) is 17.8 Å². The van der Waals surface area contributed by atoms with Gasteiger partial charge in [0.05, 0.1) is 5.56 Å². The van der Waals surface area contributed by atoms with Crippen LogP contribution >= 0.6 is 0 Å². The number of carbonyl (C=O) groups is 1. The number of hydrogen-bond acceptors (Lipinski definition) is 2. The molecule has 0 unspecified atom stereocenters. The fraction of sp³-hybridized carbons (Fsp3) is 0.0667. The van der Waals surface area contributed by atoms with Crippen molar-refractivity contribution in [2.45, 2.75) is 6.92 Å². The lowest BCUT2D eigenvalue weighted by molar-refractivity contribution is 0.0696. The van der Waals surface area contributed by atoms with E-state index in [1.54, 1.807) is 12.3 Å². The van der Waals surface area contributed by atoms with Gasteiger partial charge in [0.25, 0.3) is 0 Å². The molecule has 2 rings (SSSR count). The van der Waals surface area contributed by atoms with Crippen LogP contribution in [-0.2, 0) is 0 Å². The molecule has 2 aromatic rings. The Morgan fingerprint density at radius 3 is 2.56 bits per heavy atom. The van der Waals surface area contributed by atoms with Crippen LogP contribution in [0.15, 0.2) is 42.7 Å². The highest BCUT2D eigenvalue weighted by molar-refractivity contribution is 5.93. The number of aryl methyl sites for hydroxylation is 1. The Kier molecular flexibility index (Phi) is 3.53. The smallest absolute Gasteiger partial charge is 0.336 e. The Labute approximate surface area is 105 Å². The van der Waals surface area contributed by atoms with Crippen LogP contribution in [0.4, 0.5) is 0 Å². The summed E-state index contributed by atoms with van der Waals surface area (Å²) in [5.74, 6) is -0.944. The molecule has 18 heavy (non-hydrogen) atoms. The van der Waals surface area contributed by atoms with Gasteiger partial charge in [0, 0.05) is 18.0 Å². The molecule has 1 N–H and O–H groups in total. The van der Waals surface area contributed by atoms with Gasteiger partial charge >= 0.3 is 5.97 Å². The highest BCUT2D eigenvalue weighted by atomic mass is 16.4. The van der Waals surface area contributed by atoms with Crippen molar-refractivity contribution in [1.82, 2.24) is 4.98 Å². The fourth-order valence-electron chi connectivity index (χ4n) is 1.60. The SMILES string of the molecule is Cc1ccc(/C=C/c2cnccc2C(=O)O)cc1. The third-order valence-corrected chi connectivity index (χ3v) is 2.61. The standard InChI is InChI=1S/C15H13NO2/c1-11-2-4-12(5-3-11)6-7-13-10-16-9-8-14(13)15(17)18/h2-10H,1H3,(H,17,18)/b7-6+. The van der Waals surface area contributed by atoms with E-state index < -0.39 is 5.97 Å². The van der Waals surface area contributed by atoms with Crippen LogP contribution in [0.1, 0.15) is 27.0 Å². The zero-order chi connectivity index (χ0) is 13.0. The number of hydrogen-bond donors (Lipinski definition) is 1. The van der Waals surface area contributed by atoms with Crippen LogP contribution in [0.25, 0.3) is 12.2 Å². The van der Waals surface area contributed by atoms with Crippen molar-refractivity contribution in [2.75, 3.05) is 0 Å². The molecule has 0 atom stereocenters. The number of carboxylic acid groups (broad SMARTS) is 1. The number of carboxylic acids is 1. The van der Waals surface area contributed by atoms with Gasteiger partial charge in [-0.15, -0.1) is 0 Å². The molecule has 0 aliphatic carbocycles. The minimum Gasteiger partial charge on any atom is -0.478 e. The second-order valence-corrected chi connectivity index (χ2v) is 4.01. The van der Waals surface area contributed by atoms with Gasteiger partial charge in [-0.1, -0.05) is 42.0 Å². The molecule has 0 bridgehead atoms. The van der Waals surface area contributed by atoms with E-state index in [-0.39, 0.29) is 5.56 Å². The number of benzene rings is 1. The van der Waals surface area contributed by atoms with Crippen LogP contribution < -0.4 is 0 Å². The number of aromatic carboxylic acids is 1. The van der Waals surface area contributed by atoms with Crippen LogP contribution in [0.5, 0.6) is 0 Å². The lowest BCUT2D eigenvalue weighted by atomic mass is 10.1. The zero-order valence-electron chi connectivity index (χ0n) is 10.00. The van der Waals surface area contributed by atoms with Crippen molar-refractivity contribution in [2.24, 2.45) is 0 Å². The maximum atomic E-state index is 11.0. The Hall–Kier alpha value is -2.42. The van der Waals surface area contributed by atoms with Crippen molar-refractivity contribution < 1.29 is 9.90 Å². The van der Waals surface area contributed by atoms with Gasteiger partial charge in [-0.3, -0.25) is 4.98 Å². The number of rotatable bonds is 3. The molecule has 1 aromatic heterocycles. The summed E-state index contributed by atoms with van der Waals surface area (Å²) in [5.41, 5.74) is 3.08. The Morgan fingerprint density at radius 1 is 1.17 bits per heavy atom. The molecule has 0 saturated heterocycles. The average Bonchev–Trinajstić information content (AvgIpc) is 2.38. The first kappa shape index (κ1) is 12.0. The molecule has 0 fully saturated rings. The first-order valence-corrected chi connectivity index (χ1v) is 5.59. The average molecular weight is 239 g/mol. The largest absolute Gasteiger partial charge is 0.478 e. The van der Waals surface area contributed by atoms with E-state index in [4.69, 9.17) is 5.11 Å². The van der Waals surface area contributed by atoms with Crippen LogP contribution in [0.3, 0.4) is 0 Å². The van der Waals surface area contributed by atoms with E-state index in [9.17, 15) is 4.79 Å². The molecule has 0 aliphatic rings. The van der Waals surface area contributed by atoms with Crippen molar-refractivity contribution in [1.29, 1.82) is 0 Å². The molecule has 1 heterocycles. The first-order valence-electron chi connectivity index (χ1n) is 5.59. The maximum Gasteiger partial charge on any atom is 0.336 e. The molecule has 0 saturated carbocycles. The van der Waals surface area contributed by atoms with Gasteiger partial charge in [-0.25, -0.2) is 4.79 Å². The normalized spacial score (nSPS) is 10.7. The van der Waals surface area contributed by atoms with Gasteiger partial charge in [-0.05, 0) is 18.6 Å². The van der Waals surface area contributed by atoms with Crippen LogP contribution in [0.2, 0.25) is 0 Å². The molecule has 90 valence electrons. The predicted molar refractivity (Wildman–Crippen MR) is 71.3 cm³/mol. The molecule has 0 radical (unpaired) electrons. The lowest BCUT2D eigenvalue weighted by Gasteiger charge is -1.99. The molecule has 3 nitrogen and oxygen atoms in total. The third kappa shape index (κ3) is 2.83. The second-order valence-electron chi connectivity index (χ2n) is 4.01. The van der Waals surface area contributed by atoms with Crippen molar-refractivity contribution >= 4 is 18.1 Å². The molecule has 0 spiro atoms. The monoisotopic (exact) mass is 239 g/mol. The van der Waals surface area contributed by atoms with Crippen molar-refractivity contribution in [3.05, 3.63) is 65.0 Å². The van der Waals surface area contributed by atoms with Gasteiger partial charge in [0.1, 0.15) is 0 Å². The summed E-state index contributed by atoms with van der Waals surface area (Å²) in [5, 5.41) is 9.04. The van der Waals surface area contributed by atoms with Crippen LogP contribution in [-0.4, -0.2) is 16.1 Å². The molecular weight excluding hydrogens is 226 g/mol. The summed E-state index contributed by atoms with van der Waals surface area (Å²) in [7, 11) is 0. The van der Waals surface area contributed by atoms with E-state index in [0.29, 0.717) is 5.56 Å². The van der Waals surface area contributed by atoms with Gasteiger partial charge in [0.2, 0.25) is 0 Å². The minimum absolute atomic E-state index is 0.258. The Balaban J connectivity index is 2.29. The summed E-state index contributed by atoms with van der Waals surface area (Å²) < 4.78 is 0. The van der Waals surface area contributed by atoms with Crippen molar-refractivity contribution in [3.8, 4) is 0 Å².